The molecule has 3 aromatic rings. The molecule has 0 saturated heterocycles. The normalized spacial score (nSPS) is 14.9. The Bertz CT molecular complexity index is 877. The monoisotopic (exact) mass is 308 g/mol. The molecule has 0 radical (unpaired) electrons. The van der Waals surface area contributed by atoms with E-state index in [1.807, 2.05) is 6.20 Å². The number of carbonyl (C=O) groups excluding carboxylic acids is 1. The largest absolute Gasteiger partial charge is 0.364 e. The van der Waals surface area contributed by atoms with Gasteiger partial charge in [0.1, 0.15) is 5.82 Å². The zero-order valence-electron chi connectivity index (χ0n) is 12.9. The number of carbonyl (C=O) groups is 1. The van der Waals surface area contributed by atoms with Gasteiger partial charge in [-0.25, -0.2) is 9.97 Å². The number of nitrogens with zero attached hydrogens (tertiary/aromatic N) is 4. The third-order valence-corrected chi connectivity index (χ3v) is 4.14. The summed E-state index contributed by atoms with van der Waals surface area (Å²) in [6, 6.07) is 0. The van der Waals surface area contributed by atoms with Crippen molar-refractivity contribution in [1.82, 2.24) is 24.5 Å². The quantitative estimate of drug-likeness (QED) is 0.759. The van der Waals surface area contributed by atoms with Gasteiger partial charge in [0.05, 0.1) is 17.3 Å². The van der Waals surface area contributed by atoms with Crippen molar-refractivity contribution in [3.8, 4) is 11.4 Å². The molecule has 0 bridgehead atoms. The molecule has 0 saturated carbocycles. The highest BCUT2D eigenvalue weighted by atomic mass is 16.1. The Morgan fingerprint density at radius 1 is 1.30 bits per heavy atom. The number of fused-ring (bicyclic) bond motifs is 3. The first-order chi connectivity index (χ1) is 11.1. The average Bonchev–Trinajstić information content (AvgIpc) is 3.14. The van der Waals surface area contributed by atoms with Crippen LogP contribution in [0, 0.1) is 0 Å². The van der Waals surface area contributed by atoms with Gasteiger partial charge in [0.15, 0.2) is 5.82 Å². The van der Waals surface area contributed by atoms with Gasteiger partial charge in [-0.3, -0.25) is 9.78 Å². The molecule has 1 amide bonds. The lowest BCUT2D eigenvalue weighted by Gasteiger charge is -2.32. The number of rotatable bonds is 2. The van der Waals surface area contributed by atoms with Crippen LogP contribution < -0.4 is 5.32 Å². The van der Waals surface area contributed by atoms with Crippen molar-refractivity contribution < 1.29 is 4.79 Å². The van der Waals surface area contributed by atoms with E-state index in [9.17, 15) is 4.79 Å². The summed E-state index contributed by atoms with van der Waals surface area (Å²) in [5.41, 5.74) is 2.37. The Morgan fingerprint density at radius 3 is 2.96 bits per heavy atom. The molecule has 0 aliphatic carbocycles. The first-order valence-corrected chi connectivity index (χ1v) is 7.38. The zero-order valence-corrected chi connectivity index (χ0v) is 12.9. The van der Waals surface area contributed by atoms with Crippen LogP contribution in [0.3, 0.4) is 0 Å². The molecule has 0 atom stereocenters. The summed E-state index contributed by atoms with van der Waals surface area (Å²) >= 11 is 0. The standard InChI is InChI=1S/C16H16N6O/c1-16(2)7-11-13(14-19-5-6-22(14)16)10(8-20-11)15(23)21-12-9-17-3-4-18-12/h3-6,8-9,20H,7H2,1-2H3,(H,18,21,23). The fourth-order valence-corrected chi connectivity index (χ4v) is 3.08. The van der Waals surface area contributed by atoms with E-state index in [0.29, 0.717) is 11.4 Å². The fraction of sp³-hybridized carbons (Fsp3) is 0.250. The molecular formula is C16H16N6O. The molecule has 23 heavy (non-hydrogen) atoms. The van der Waals surface area contributed by atoms with E-state index in [-0.39, 0.29) is 11.4 Å². The van der Waals surface area contributed by atoms with Crippen LogP contribution in [0.2, 0.25) is 0 Å². The summed E-state index contributed by atoms with van der Waals surface area (Å²) in [6.07, 6.45) is 10.9. The fourth-order valence-electron chi connectivity index (χ4n) is 3.08. The topological polar surface area (TPSA) is 88.5 Å². The smallest absolute Gasteiger partial charge is 0.259 e. The number of nitrogens with one attached hydrogen (secondary N) is 2. The van der Waals surface area contributed by atoms with Crippen LogP contribution in [-0.4, -0.2) is 30.4 Å². The van der Waals surface area contributed by atoms with Gasteiger partial charge in [0.2, 0.25) is 0 Å². The molecule has 4 rings (SSSR count). The van der Waals surface area contributed by atoms with Gasteiger partial charge >= 0.3 is 0 Å². The van der Waals surface area contributed by atoms with Gasteiger partial charge in [-0.1, -0.05) is 0 Å². The lowest BCUT2D eigenvalue weighted by molar-refractivity contribution is 0.102. The third kappa shape index (κ3) is 2.12. The Balaban J connectivity index is 1.75. The van der Waals surface area contributed by atoms with Crippen molar-refractivity contribution in [2.75, 3.05) is 5.32 Å². The Hall–Kier alpha value is -2.96. The van der Waals surface area contributed by atoms with Crippen LogP contribution in [0.5, 0.6) is 0 Å². The predicted octanol–water partition coefficient (Wildman–Crippen LogP) is 2.21. The van der Waals surface area contributed by atoms with E-state index in [2.05, 4.69) is 43.7 Å². The summed E-state index contributed by atoms with van der Waals surface area (Å²) in [4.78, 5) is 28.3. The van der Waals surface area contributed by atoms with Gasteiger partial charge in [-0.05, 0) is 13.8 Å². The van der Waals surface area contributed by atoms with E-state index in [4.69, 9.17) is 0 Å². The number of hydrogen-bond acceptors (Lipinski definition) is 4. The highest BCUT2D eigenvalue weighted by Crippen LogP contribution is 2.38. The maximum absolute atomic E-state index is 12.6. The van der Waals surface area contributed by atoms with Gasteiger partial charge in [0.25, 0.3) is 5.91 Å². The van der Waals surface area contributed by atoms with Crippen LogP contribution in [0.1, 0.15) is 29.9 Å². The van der Waals surface area contributed by atoms with E-state index in [0.717, 1.165) is 23.5 Å². The van der Waals surface area contributed by atoms with Crippen molar-refractivity contribution in [1.29, 1.82) is 0 Å². The van der Waals surface area contributed by atoms with Crippen molar-refractivity contribution in [3.63, 3.8) is 0 Å². The van der Waals surface area contributed by atoms with Crippen molar-refractivity contribution in [2.45, 2.75) is 25.8 Å². The van der Waals surface area contributed by atoms with Crippen LogP contribution >= 0.6 is 0 Å². The molecule has 2 N–H and O–H groups in total. The molecule has 0 unspecified atom stereocenters. The molecule has 0 fully saturated rings. The minimum absolute atomic E-state index is 0.0810. The summed E-state index contributed by atoms with van der Waals surface area (Å²) < 4.78 is 2.11. The first-order valence-electron chi connectivity index (χ1n) is 7.38. The Kier molecular flexibility index (Phi) is 2.84. The maximum Gasteiger partial charge on any atom is 0.259 e. The second-order valence-corrected chi connectivity index (χ2v) is 6.21. The molecule has 1 aliphatic heterocycles. The van der Waals surface area contributed by atoms with Crippen LogP contribution in [0.25, 0.3) is 11.4 Å². The molecule has 4 heterocycles. The zero-order chi connectivity index (χ0) is 16.0. The highest BCUT2D eigenvalue weighted by Gasteiger charge is 2.34. The van der Waals surface area contributed by atoms with Crippen LogP contribution in [-0.2, 0) is 12.0 Å². The van der Waals surface area contributed by atoms with E-state index >= 15 is 0 Å². The van der Waals surface area contributed by atoms with Crippen molar-refractivity contribution in [3.05, 3.63) is 48.4 Å². The predicted molar refractivity (Wildman–Crippen MR) is 85.0 cm³/mol. The summed E-state index contributed by atoms with van der Waals surface area (Å²) in [7, 11) is 0. The molecule has 0 aromatic carbocycles. The minimum Gasteiger partial charge on any atom is -0.364 e. The summed E-state index contributed by atoms with van der Waals surface area (Å²) in [5.74, 6) is 1.01. The Morgan fingerprint density at radius 2 is 2.17 bits per heavy atom. The number of imidazole rings is 1. The number of hydrogen-bond donors (Lipinski definition) is 2. The minimum atomic E-state index is -0.225. The number of anilines is 1. The highest BCUT2D eigenvalue weighted by molar-refractivity contribution is 6.08. The molecule has 7 heteroatoms. The van der Waals surface area contributed by atoms with Gasteiger partial charge in [0, 0.05) is 48.6 Å². The third-order valence-electron chi connectivity index (χ3n) is 4.14. The molecular weight excluding hydrogens is 292 g/mol. The SMILES string of the molecule is CC1(C)Cc2[nH]cc(C(=O)Nc3cnccn3)c2-c2nccn21. The second kappa shape index (κ2) is 4.77. The molecule has 7 nitrogen and oxygen atoms in total. The number of H-pyrrole nitrogens is 1. The van der Waals surface area contributed by atoms with Crippen LogP contribution in [0.15, 0.2) is 37.2 Å². The molecule has 116 valence electrons. The lowest BCUT2D eigenvalue weighted by Crippen LogP contribution is -2.33. The number of aromatic nitrogens is 5. The maximum atomic E-state index is 12.6. The molecule has 1 aliphatic rings. The summed E-state index contributed by atoms with van der Waals surface area (Å²) in [5, 5.41) is 2.77. The van der Waals surface area contributed by atoms with Gasteiger partial charge < -0.3 is 14.9 Å². The molecule has 0 spiro atoms. The number of amides is 1. The first kappa shape index (κ1) is 13.7. The summed E-state index contributed by atoms with van der Waals surface area (Å²) in [6.45, 7) is 4.31. The lowest BCUT2D eigenvalue weighted by atomic mass is 9.90. The Labute approximate surface area is 132 Å². The van der Waals surface area contributed by atoms with E-state index in [1.54, 1.807) is 18.6 Å². The van der Waals surface area contributed by atoms with Crippen molar-refractivity contribution >= 4 is 11.7 Å². The average molecular weight is 308 g/mol. The van der Waals surface area contributed by atoms with Crippen molar-refractivity contribution in [2.24, 2.45) is 0 Å². The second-order valence-electron chi connectivity index (χ2n) is 6.21. The van der Waals surface area contributed by atoms with Crippen LogP contribution in [0.4, 0.5) is 5.82 Å². The molecule has 3 aromatic heterocycles. The van der Waals surface area contributed by atoms with E-state index in [1.165, 1.54) is 12.4 Å². The number of aromatic amines is 1. The van der Waals surface area contributed by atoms with Gasteiger partial charge in [-0.15, -0.1) is 0 Å². The van der Waals surface area contributed by atoms with E-state index < -0.39 is 0 Å². The van der Waals surface area contributed by atoms with Gasteiger partial charge in [-0.2, -0.15) is 0 Å².